The Morgan fingerprint density at radius 1 is 0.646 bits per heavy atom. The van der Waals surface area contributed by atoms with Crippen LogP contribution in [0.2, 0.25) is 0 Å². The molecule has 1 fully saturated rings. The number of nitrogens with zero attached hydrogens (tertiary/aromatic N) is 5. The second-order valence-electron chi connectivity index (χ2n) is 12.2. The molecule has 236 valence electrons. The van der Waals surface area contributed by atoms with Crippen molar-refractivity contribution in [1.29, 1.82) is 0 Å². The van der Waals surface area contributed by atoms with Crippen molar-refractivity contribution in [2.24, 2.45) is 0 Å². The molecule has 7 aromatic rings. The van der Waals surface area contributed by atoms with Crippen LogP contribution in [0.4, 0.5) is 0 Å². The van der Waals surface area contributed by atoms with Crippen LogP contribution in [0.3, 0.4) is 0 Å². The molecular formula is C40H33N5O3. The van der Waals surface area contributed by atoms with Crippen LogP contribution >= 0.6 is 0 Å². The molecule has 1 saturated heterocycles. The molecule has 0 spiro atoms. The van der Waals surface area contributed by atoms with Gasteiger partial charge in [0.2, 0.25) is 6.79 Å². The summed E-state index contributed by atoms with van der Waals surface area (Å²) in [6.07, 6.45) is 4.84. The van der Waals surface area contributed by atoms with Crippen molar-refractivity contribution in [3.05, 3.63) is 150 Å². The van der Waals surface area contributed by atoms with Crippen molar-refractivity contribution < 1.29 is 14.2 Å². The molecule has 0 aliphatic carbocycles. The Kier molecular flexibility index (Phi) is 7.01. The molecule has 2 aliphatic heterocycles. The van der Waals surface area contributed by atoms with Crippen LogP contribution in [-0.2, 0) is 10.3 Å². The van der Waals surface area contributed by atoms with E-state index in [9.17, 15) is 0 Å². The number of fused-ring (bicyclic) bond motifs is 2. The zero-order valence-electron chi connectivity index (χ0n) is 26.3. The fraction of sp³-hybridized carbons (Fsp3) is 0.175. The molecule has 0 N–H and O–H groups in total. The Morgan fingerprint density at radius 2 is 1.31 bits per heavy atom. The topological polar surface area (TPSA) is 76.2 Å². The summed E-state index contributed by atoms with van der Waals surface area (Å²) in [5, 5.41) is 11.4. The van der Waals surface area contributed by atoms with E-state index in [1.165, 1.54) is 0 Å². The average Bonchev–Trinajstić information content (AvgIpc) is 3.93. The van der Waals surface area contributed by atoms with Gasteiger partial charge in [0.25, 0.3) is 0 Å². The molecule has 0 saturated carbocycles. The Morgan fingerprint density at radius 3 is 1.98 bits per heavy atom. The van der Waals surface area contributed by atoms with Gasteiger partial charge in [-0.3, -0.25) is 0 Å². The molecular weight excluding hydrogens is 598 g/mol. The highest BCUT2D eigenvalue weighted by atomic mass is 16.7. The molecule has 0 bridgehead atoms. The number of hydrogen-bond donors (Lipinski definition) is 0. The van der Waals surface area contributed by atoms with Gasteiger partial charge in [-0.2, -0.15) is 5.10 Å². The predicted molar refractivity (Wildman–Crippen MR) is 184 cm³/mol. The molecule has 48 heavy (non-hydrogen) atoms. The molecule has 9 rings (SSSR count). The Bertz CT molecular complexity index is 2110. The summed E-state index contributed by atoms with van der Waals surface area (Å²) in [6.45, 7) is 0.954. The molecule has 8 heteroatoms. The lowest BCUT2D eigenvalue weighted by atomic mass is 9.77. The minimum absolute atomic E-state index is 0.115. The lowest BCUT2D eigenvalue weighted by Gasteiger charge is -2.35. The van der Waals surface area contributed by atoms with E-state index in [0.29, 0.717) is 5.82 Å². The standard InChI is InChI=1S/C40H33N5O3/c1-4-12-30(13-5-1)40(31-14-6-2-7-15-31,32-16-8-3-9-17-32)44-26-41-39(43-44)29-19-21-34-33(24-29)38(42-45(34)37-18-10-11-23-46-37)28-20-22-35-36(25-28)48-27-47-35/h1-9,12-17,19-22,24-26,37H,10-11,18,23,27H2. The zero-order chi connectivity index (χ0) is 31.9. The third-order valence-electron chi connectivity index (χ3n) is 9.45. The van der Waals surface area contributed by atoms with Crippen LogP contribution in [0.1, 0.15) is 42.2 Å². The Balaban J connectivity index is 1.21. The van der Waals surface area contributed by atoms with E-state index < -0.39 is 5.54 Å². The molecule has 0 radical (unpaired) electrons. The summed E-state index contributed by atoms with van der Waals surface area (Å²) in [6, 6.07) is 43.9. The summed E-state index contributed by atoms with van der Waals surface area (Å²) in [5.41, 5.74) is 6.23. The van der Waals surface area contributed by atoms with Gasteiger partial charge in [0.15, 0.2) is 23.6 Å². The molecule has 8 nitrogen and oxygen atoms in total. The fourth-order valence-electron chi connectivity index (χ4n) is 7.17. The van der Waals surface area contributed by atoms with Crippen LogP contribution in [0.15, 0.2) is 134 Å². The molecule has 4 heterocycles. The molecule has 2 aromatic heterocycles. The van der Waals surface area contributed by atoms with Crippen LogP contribution < -0.4 is 9.47 Å². The van der Waals surface area contributed by atoms with Crippen LogP contribution in [0, 0.1) is 0 Å². The first kappa shape index (κ1) is 28.5. The lowest BCUT2D eigenvalue weighted by molar-refractivity contribution is -0.0365. The summed E-state index contributed by atoms with van der Waals surface area (Å²) in [5.74, 6) is 2.09. The highest BCUT2D eigenvalue weighted by Crippen LogP contribution is 2.42. The number of ether oxygens (including phenoxy) is 3. The fourth-order valence-corrected chi connectivity index (χ4v) is 7.17. The quantitative estimate of drug-likeness (QED) is 0.165. The van der Waals surface area contributed by atoms with Crippen molar-refractivity contribution in [3.63, 3.8) is 0 Å². The third kappa shape index (κ3) is 4.67. The third-order valence-corrected chi connectivity index (χ3v) is 9.45. The summed E-state index contributed by atoms with van der Waals surface area (Å²) in [7, 11) is 0. The maximum atomic E-state index is 6.20. The maximum Gasteiger partial charge on any atom is 0.231 e. The normalized spacial score (nSPS) is 16.0. The van der Waals surface area contributed by atoms with E-state index in [4.69, 9.17) is 29.4 Å². The van der Waals surface area contributed by atoms with Gasteiger partial charge in [-0.05, 0) is 72.4 Å². The summed E-state index contributed by atoms with van der Waals surface area (Å²) >= 11 is 0. The Hall–Kier alpha value is -5.73. The van der Waals surface area contributed by atoms with Gasteiger partial charge < -0.3 is 14.2 Å². The van der Waals surface area contributed by atoms with Crippen molar-refractivity contribution in [2.75, 3.05) is 13.4 Å². The second-order valence-corrected chi connectivity index (χ2v) is 12.2. The number of rotatable bonds is 7. The van der Waals surface area contributed by atoms with Crippen LogP contribution in [-0.4, -0.2) is 37.9 Å². The predicted octanol–water partition coefficient (Wildman–Crippen LogP) is 8.23. The van der Waals surface area contributed by atoms with Crippen LogP contribution in [0.5, 0.6) is 11.5 Å². The van der Waals surface area contributed by atoms with Gasteiger partial charge in [0, 0.05) is 23.1 Å². The molecule has 1 atom stereocenters. The van der Waals surface area contributed by atoms with Gasteiger partial charge >= 0.3 is 0 Å². The lowest BCUT2D eigenvalue weighted by Crippen LogP contribution is -2.38. The maximum absolute atomic E-state index is 6.20. The molecule has 2 aliphatic rings. The zero-order valence-corrected chi connectivity index (χ0v) is 26.3. The van der Waals surface area contributed by atoms with Gasteiger partial charge in [-0.15, -0.1) is 5.10 Å². The van der Waals surface area contributed by atoms with E-state index in [1.54, 1.807) is 0 Å². The summed E-state index contributed by atoms with van der Waals surface area (Å²) < 4.78 is 21.6. The minimum Gasteiger partial charge on any atom is -0.454 e. The van der Waals surface area contributed by atoms with E-state index >= 15 is 0 Å². The first-order chi connectivity index (χ1) is 23.8. The SMILES string of the molecule is c1ccc(C(c2ccccc2)(c2ccccc2)n2cnc(-c3ccc4c(c3)c(-c3ccc5c(c3)OCO5)nn4C3CCCCO3)n2)cc1. The van der Waals surface area contributed by atoms with E-state index in [0.717, 1.165) is 81.8 Å². The van der Waals surface area contributed by atoms with Gasteiger partial charge in [0.1, 0.15) is 17.6 Å². The second kappa shape index (κ2) is 11.8. The molecule has 5 aromatic carbocycles. The van der Waals surface area contributed by atoms with E-state index in [2.05, 4.69) is 91.0 Å². The van der Waals surface area contributed by atoms with E-state index in [-0.39, 0.29) is 13.0 Å². The largest absolute Gasteiger partial charge is 0.454 e. The van der Waals surface area contributed by atoms with Gasteiger partial charge in [0.05, 0.1) is 5.52 Å². The van der Waals surface area contributed by atoms with Crippen molar-refractivity contribution >= 4 is 10.9 Å². The number of benzene rings is 5. The van der Waals surface area contributed by atoms with Crippen molar-refractivity contribution in [3.8, 4) is 34.1 Å². The Labute approximate surface area is 278 Å². The van der Waals surface area contributed by atoms with E-state index in [1.807, 2.05) is 52.1 Å². The minimum atomic E-state index is -0.750. The smallest absolute Gasteiger partial charge is 0.231 e. The first-order valence-corrected chi connectivity index (χ1v) is 16.4. The molecule has 0 amide bonds. The van der Waals surface area contributed by atoms with Crippen LogP contribution in [0.25, 0.3) is 33.5 Å². The van der Waals surface area contributed by atoms with Crippen molar-refractivity contribution in [2.45, 2.75) is 31.0 Å². The number of aromatic nitrogens is 5. The van der Waals surface area contributed by atoms with Crippen molar-refractivity contribution in [1.82, 2.24) is 24.5 Å². The highest BCUT2D eigenvalue weighted by Gasteiger charge is 2.39. The van der Waals surface area contributed by atoms with Gasteiger partial charge in [-0.25, -0.2) is 14.3 Å². The van der Waals surface area contributed by atoms with Gasteiger partial charge in [-0.1, -0.05) is 91.0 Å². The monoisotopic (exact) mass is 631 g/mol. The first-order valence-electron chi connectivity index (χ1n) is 16.4. The number of hydrogen-bond acceptors (Lipinski definition) is 6. The summed E-state index contributed by atoms with van der Waals surface area (Å²) in [4.78, 5) is 4.95. The molecule has 1 unspecified atom stereocenters. The highest BCUT2D eigenvalue weighted by molar-refractivity contribution is 5.96. The average molecular weight is 632 g/mol.